The largest absolute Gasteiger partial charge is 0.496 e. The SMILES string of the molecule is COc1ccc(Cl)cc1C(=O)N1CCc2c(N)cccc21. The summed E-state index contributed by atoms with van der Waals surface area (Å²) < 4.78 is 5.26. The number of benzene rings is 2. The van der Waals surface area contributed by atoms with Crippen molar-refractivity contribution in [3.8, 4) is 5.75 Å². The third-order valence-corrected chi connectivity index (χ3v) is 3.94. The Hall–Kier alpha value is -2.20. The Labute approximate surface area is 128 Å². The molecule has 0 bridgehead atoms. The van der Waals surface area contributed by atoms with Gasteiger partial charge in [0.2, 0.25) is 0 Å². The van der Waals surface area contributed by atoms with Crippen molar-refractivity contribution in [2.75, 3.05) is 24.3 Å². The smallest absolute Gasteiger partial charge is 0.262 e. The highest BCUT2D eigenvalue weighted by molar-refractivity contribution is 6.31. The van der Waals surface area contributed by atoms with Gasteiger partial charge in [0, 0.05) is 28.5 Å². The van der Waals surface area contributed by atoms with Gasteiger partial charge in [0.05, 0.1) is 12.7 Å². The van der Waals surface area contributed by atoms with Crippen molar-refractivity contribution in [1.82, 2.24) is 0 Å². The summed E-state index contributed by atoms with van der Waals surface area (Å²) in [7, 11) is 1.54. The average Bonchev–Trinajstić information content (AvgIpc) is 2.92. The summed E-state index contributed by atoms with van der Waals surface area (Å²) in [6.07, 6.45) is 0.761. The molecule has 1 aliphatic rings. The molecule has 0 saturated carbocycles. The number of carbonyl (C=O) groups excluding carboxylic acids is 1. The first-order valence-corrected chi connectivity index (χ1v) is 7.02. The van der Waals surface area contributed by atoms with Gasteiger partial charge in [-0.1, -0.05) is 17.7 Å². The molecule has 0 atom stereocenters. The molecule has 0 spiro atoms. The van der Waals surface area contributed by atoms with Crippen LogP contribution in [0.1, 0.15) is 15.9 Å². The van der Waals surface area contributed by atoms with Gasteiger partial charge in [-0.05, 0) is 36.8 Å². The molecule has 1 amide bonds. The van der Waals surface area contributed by atoms with E-state index in [0.29, 0.717) is 22.9 Å². The van der Waals surface area contributed by atoms with E-state index in [2.05, 4.69) is 0 Å². The predicted octanol–water partition coefficient (Wildman–Crippen LogP) is 3.13. The van der Waals surface area contributed by atoms with Crippen LogP contribution in [0.3, 0.4) is 0 Å². The lowest BCUT2D eigenvalue weighted by molar-refractivity contribution is 0.0986. The number of nitrogens with zero attached hydrogens (tertiary/aromatic N) is 1. The van der Waals surface area contributed by atoms with Crippen molar-refractivity contribution < 1.29 is 9.53 Å². The standard InChI is InChI=1S/C16H15ClN2O2/c1-21-15-6-5-10(17)9-12(15)16(20)19-8-7-11-13(18)3-2-4-14(11)19/h2-6,9H,7-8,18H2,1H3. The first-order valence-electron chi connectivity index (χ1n) is 6.64. The first-order chi connectivity index (χ1) is 10.1. The fourth-order valence-electron chi connectivity index (χ4n) is 2.67. The predicted molar refractivity (Wildman–Crippen MR) is 84.2 cm³/mol. The molecule has 1 heterocycles. The number of anilines is 2. The van der Waals surface area contributed by atoms with Gasteiger partial charge in [0.15, 0.2) is 0 Å². The van der Waals surface area contributed by atoms with Crippen LogP contribution in [0.25, 0.3) is 0 Å². The van der Waals surface area contributed by atoms with Gasteiger partial charge < -0.3 is 15.4 Å². The number of amides is 1. The van der Waals surface area contributed by atoms with Crippen molar-refractivity contribution >= 4 is 28.9 Å². The monoisotopic (exact) mass is 302 g/mol. The van der Waals surface area contributed by atoms with E-state index < -0.39 is 0 Å². The van der Waals surface area contributed by atoms with Gasteiger partial charge >= 0.3 is 0 Å². The van der Waals surface area contributed by atoms with Crippen LogP contribution in [0.5, 0.6) is 5.75 Å². The van der Waals surface area contributed by atoms with Crippen LogP contribution < -0.4 is 15.4 Å². The van der Waals surface area contributed by atoms with Gasteiger partial charge in [0.1, 0.15) is 5.75 Å². The Morgan fingerprint density at radius 1 is 1.33 bits per heavy atom. The van der Waals surface area contributed by atoms with Crippen molar-refractivity contribution in [2.24, 2.45) is 0 Å². The van der Waals surface area contributed by atoms with E-state index >= 15 is 0 Å². The van der Waals surface area contributed by atoms with Crippen molar-refractivity contribution in [2.45, 2.75) is 6.42 Å². The molecule has 0 unspecified atom stereocenters. The number of fused-ring (bicyclic) bond motifs is 1. The normalized spacial score (nSPS) is 13.1. The Morgan fingerprint density at radius 2 is 2.14 bits per heavy atom. The van der Waals surface area contributed by atoms with Gasteiger partial charge in [-0.15, -0.1) is 0 Å². The van der Waals surface area contributed by atoms with E-state index in [1.54, 1.807) is 23.1 Å². The maximum atomic E-state index is 12.8. The van der Waals surface area contributed by atoms with Crippen LogP contribution in [0.15, 0.2) is 36.4 Å². The number of nitrogens with two attached hydrogens (primary N) is 1. The molecule has 1 aliphatic heterocycles. The molecule has 2 N–H and O–H groups in total. The minimum absolute atomic E-state index is 0.126. The summed E-state index contributed by atoms with van der Waals surface area (Å²) in [5, 5.41) is 0.506. The van der Waals surface area contributed by atoms with Gasteiger partial charge in [0.25, 0.3) is 5.91 Å². The van der Waals surface area contributed by atoms with E-state index in [1.165, 1.54) is 7.11 Å². The van der Waals surface area contributed by atoms with E-state index in [4.69, 9.17) is 22.1 Å². The summed E-state index contributed by atoms with van der Waals surface area (Å²) >= 11 is 6.00. The lowest BCUT2D eigenvalue weighted by atomic mass is 10.1. The summed E-state index contributed by atoms with van der Waals surface area (Å²) in [6, 6.07) is 10.7. The molecule has 0 radical (unpaired) electrons. The van der Waals surface area contributed by atoms with E-state index in [0.717, 1.165) is 23.4 Å². The lowest BCUT2D eigenvalue weighted by Gasteiger charge is -2.19. The quantitative estimate of drug-likeness (QED) is 0.867. The summed E-state index contributed by atoms with van der Waals surface area (Å²) in [6.45, 7) is 0.609. The lowest BCUT2D eigenvalue weighted by Crippen LogP contribution is -2.29. The van der Waals surface area contributed by atoms with Gasteiger partial charge in [-0.2, -0.15) is 0 Å². The van der Waals surface area contributed by atoms with E-state index in [1.807, 2.05) is 18.2 Å². The van der Waals surface area contributed by atoms with Crippen LogP contribution in [-0.4, -0.2) is 19.6 Å². The Balaban J connectivity index is 2.02. The number of hydrogen-bond donors (Lipinski definition) is 1. The second kappa shape index (κ2) is 5.30. The molecule has 21 heavy (non-hydrogen) atoms. The number of nitrogen functional groups attached to an aromatic ring is 1. The highest BCUT2D eigenvalue weighted by atomic mass is 35.5. The van der Waals surface area contributed by atoms with Crippen LogP contribution in [0.4, 0.5) is 11.4 Å². The van der Waals surface area contributed by atoms with Crippen molar-refractivity contribution in [3.63, 3.8) is 0 Å². The summed E-state index contributed by atoms with van der Waals surface area (Å²) in [4.78, 5) is 14.5. The number of rotatable bonds is 2. The molecule has 2 aromatic carbocycles. The Bertz CT molecular complexity index is 715. The second-order valence-electron chi connectivity index (χ2n) is 4.90. The number of carbonyl (C=O) groups is 1. The molecule has 4 nitrogen and oxygen atoms in total. The van der Waals surface area contributed by atoms with E-state index in [9.17, 15) is 4.79 Å². The maximum absolute atomic E-state index is 12.8. The number of halogens is 1. The number of hydrogen-bond acceptors (Lipinski definition) is 3. The van der Waals surface area contributed by atoms with Crippen LogP contribution >= 0.6 is 11.6 Å². The average molecular weight is 303 g/mol. The maximum Gasteiger partial charge on any atom is 0.262 e. The van der Waals surface area contributed by atoms with Crippen molar-refractivity contribution in [3.05, 3.63) is 52.5 Å². The van der Waals surface area contributed by atoms with Crippen LogP contribution in [0, 0.1) is 0 Å². The number of methoxy groups -OCH3 is 1. The molecular weight excluding hydrogens is 288 g/mol. The first kappa shape index (κ1) is 13.8. The molecule has 0 saturated heterocycles. The summed E-state index contributed by atoms with van der Waals surface area (Å²) in [5.74, 6) is 0.389. The molecule has 108 valence electrons. The topological polar surface area (TPSA) is 55.6 Å². The minimum Gasteiger partial charge on any atom is -0.496 e. The van der Waals surface area contributed by atoms with Crippen LogP contribution in [-0.2, 0) is 6.42 Å². The molecule has 0 aliphatic carbocycles. The Morgan fingerprint density at radius 3 is 2.90 bits per heavy atom. The summed E-state index contributed by atoms with van der Waals surface area (Å²) in [5.41, 5.74) is 9.03. The third-order valence-electron chi connectivity index (χ3n) is 3.70. The number of ether oxygens (including phenoxy) is 1. The highest BCUT2D eigenvalue weighted by Gasteiger charge is 2.28. The zero-order chi connectivity index (χ0) is 15.0. The van der Waals surface area contributed by atoms with Gasteiger partial charge in [-0.25, -0.2) is 0 Å². The highest BCUT2D eigenvalue weighted by Crippen LogP contribution is 2.34. The van der Waals surface area contributed by atoms with Gasteiger partial charge in [-0.3, -0.25) is 4.79 Å². The molecule has 0 aromatic heterocycles. The molecular formula is C16H15ClN2O2. The zero-order valence-electron chi connectivity index (χ0n) is 11.6. The molecule has 3 rings (SSSR count). The Kier molecular flexibility index (Phi) is 3.47. The third kappa shape index (κ3) is 2.32. The molecule has 5 heteroatoms. The molecule has 2 aromatic rings. The second-order valence-corrected chi connectivity index (χ2v) is 5.33. The fourth-order valence-corrected chi connectivity index (χ4v) is 2.84. The zero-order valence-corrected chi connectivity index (χ0v) is 12.4. The minimum atomic E-state index is -0.126. The fraction of sp³-hybridized carbons (Fsp3) is 0.188. The van der Waals surface area contributed by atoms with Crippen LogP contribution in [0.2, 0.25) is 5.02 Å². The van der Waals surface area contributed by atoms with E-state index in [-0.39, 0.29) is 5.91 Å². The molecule has 0 fully saturated rings. The van der Waals surface area contributed by atoms with Crippen molar-refractivity contribution in [1.29, 1.82) is 0 Å².